The number of pyridine rings is 1. The van der Waals surface area contributed by atoms with Crippen LogP contribution in [0.25, 0.3) is 0 Å². The van der Waals surface area contributed by atoms with Gasteiger partial charge in [-0.25, -0.2) is 9.59 Å². The maximum absolute atomic E-state index is 10.6. The van der Waals surface area contributed by atoms with Crippen LogP contribution < -0.4 is 0 Å². The lowest BCUT2D eigenvalue weighted by molar-refractivity contribution is -0.201. The van der Waals surface area contributed by atoms with Gasteiger partial charge in [0.25, 0.3) is 0 Å². The summed E-state index contributed by atoms with van der Waals surface area (Å²) in [4.78, 5) is 24.2. The number of alkyl halides is 6. The maximum Gasteiger partial charge on any atom is 0.490 e. The van der Waals surface area contributed by atoms with E-state index in [1.165, 1.54) is 5.56 Å². The number of halogens is 6. The summed E-state index contributed by atoms with van der Waals surface area (Å²) >= 11 is 0. The highest BCUT2D eigenvalue weighted by molar-refractivity contribution is 5.73. The zero-order valence-corrected chi connectivity index (χ0v) is 20.1. The van der Waals surface area contributed by atoms with E-state index in [2.05, 4.69) is 16.0 Å². The number of nitrogens with zero attached hydrogens (tertiary/aromatic N) is 2. The van der Waals surface area contributed by atoms with Crippen molar-refractivity contribution in [1.82, 2.24) is 9.88 Å². The number of hydrogen-bond donors (Lipinski definition) is 2. The SMILES string of the molecule is Cc1ccc(CN2CC3(CC(OCc4ccncc4)CCO3)C2)o1.O=C(O)C(F)(F)F.O=C(O)C(F)(F)F. The smallest absolute Gasteiger partial charge is 0.475 e. The van der Waals surface area contributed by atoms with Gasteiger partial charge in [-0.2, -0.15) is 26.3 Å². The molecule has 38 heavy (non-hydrogen) atoms. The van der Waals surface area contributed by atoms with Crippen molar-refractivity contribution in [3.8, 4) is 0 Å². The normalized spacial score (nSPS) is 18.9. The summed E-state index contributed by atoms with van der Waals surface area (Å²) in [7, 11) is 0. The molecule has 0 radical (unpaired) electrons. The first-order valence-corrected chi connectivity index (χ1v) is 11.1. The fourth-order valence-electron chi connectivity index (χ4n) is 3.71. The Labute approximate surface area is 213 Å². The van der Waals surface area contributed by atoms with E-state index in [4.69, 9.17) is 33.7 Å². The second kappa shape index (κ2) is 13.1. The van der Waals surface area contributed by atoms with Crippen molar-refractivity contribution >= 4 is 11.9 Å². The minimum Gasteiger partial charge on any atom is -0.475 e. The fraction of sp³-hybridized carbons (Fsp3) is 0.522. The van der Waals surface area contributed by atoms with Crippen LogP contribution >= 0.6 is 0 Å². The van der Waals surface area contributed by atoms with Gasteiger partial charge in [0, 0.05) is 38.5 Å². The summed E-state index contributed by atoms with van der Waals surface area (Å²) in [6, 6.07) is 8.09. The van der Waals surface area contributed by atoms with E-state index in [0.717, 1.165) is 50.6 Å². The zero-order valence-electron chi connectivity index (χ0n) is 20.1. The number of carbonyl (C=O) groups is 2. The summed E-state index contributed by atoms with van der Waals surface area (Å²) in [6.45, 7) is 6.20. The van der Waals surface area contributed by atoms with Crippen molar-refractivity contribution in [1.29, 1.82) is 0 Å². The summed E-state index contributed by atoms with van der Waals surface area (Å²) in [6.07, 6.45) is -4.31. The Bertz CT molecular complexity index is 1010. The van der Waals surface area contributed by atoms with Crippen LogP contribution in [0.5, 0.6) is 0 Å². The Kier molecular flexibility index (Phi) is 10.7. The molecule has 1 unspecified atom stereocenters. The molecule has 1 spiro atoms. The number of rotatable bonds is 5. The van der Waals surface area contributed by atoms with Crippen LogP contribution in [0.1, 0.15) is 29.9 Å². The fourth-order valence-corrected chi connectivity index (χ4v) is 3.71. The van der Waals surface area contributed by atoms with Crippen LogP contribution in [0.3, 0.4) is 0 Å². The van der Waals surface area contributed by atoms with Gasteiger partial charge in [-0.15, -0.1) is 0 Å². The van der Waals surface area contributed by atoms with Gasteiger partial charge in [-0.3, -0.25) is 9.88 Å². The van der Waals surface area contributed by atoms with Gasteiger partial charge in [0.05, 0.1) is 24.9 Å². The number of aryl methyl sites for hydroxylation is 1. The van der Waals surface area contributed by atoms with Crippen LogP contribution in [-0.2, 0) is 32.2 Å². The highest BCUT2D eigenvalue weighted by Gasteiger charge is 2.47. The highest BCUT2D eigenvalue weighted by atomic mass is 19.4. The molecule has 0 amide bonds. The number of furan rings is 1. The number of aliphatic carboxylic acids is 2. The van der Waals surface area contributed by atoms with E-state index < -0.39 is 24.3 Å². The lowest BCUT2D eigenvalue weighted by atomic mass is 9.84. The van der Waals surface area contributed by atoms with Crippen LogP contribution in [-0.4, -0.2) is 75.8 Å². The van der Waals surface area contributed by atoms with Crippen LogP contribution in [0, 0.1) is 6.92 Å². The van der Waals surface area contributed by atoms with Gasteiger partial charge < -0.3 is 24.1 Å². The summed E-state index contributed by atoms with van der Waals surface area (Å²) in [5.74, 6) is -3.51. The van der Waals surface area contributed by atoms with Crippen molar-refractivity contribution in [2.75, 3.05) is 19.7 Å². The predicted octanol–water partition coefficient (Wildman–Crippen LogP) is 4.20. The third kappa shape index (κ3) is 10.3. The molecule has 2 aliphatic rings. The lowest BCUT2D eigenvalue weighted by Crippen LogP contribution is -2.65. The van der Waals surface area contributed by atoms with E-state index in [0.29, 0.717) is 6.61 Å². The first-order chi connectivity index (χ1) is 17.6. The first-order valence-electron chi connectivity index (χ1n) is 11.1. The molecular formula is C23H26F6N2O7. The molecule has 4 heterocycles. The van der Waals surface area contributed by atoms with Gasteiger partial charge in [0.2, 0.25) is 0 Å². The Morgan fingerprint density at radius 1 is 1.05 bits per heavy atom. The maximum atomic E-state index is 10.6. The van der Waals surface area contributed by atoms with Gasteiger partial charge in [-0.1, -0.05) is 0 Å². The molecular weight excluding hydrogens is 530 g/mol. The Morgan fingerprint density at radius 3 is 2.08 bits per heavy atom. The number of hydrogen-bond acceptors (Lipinski definition) is 7. The Balaban J connectivity index is 0.000000301. The van der Waals surface area contributed by atoms with Crippen molar-refractivity contribution in [3.63, 3.8) is 0 Å². The average molecular weight is 556 g/mol. The molecule has 0 aliphatic carbocycles. The van der Waals surface area contributed by atoms with E-state index in [9.17, 15) is 26.3 Å². The number of carboxylic acid groups (broad SMARTS) is 2. The predicted molar refractivity (Wildman–Crippen MR) is 117 cm³/mol. The molecule has 2 aliphatic heterocycles. The molecule has 2 fully saturated rings. The summed E-state index contributed by atoms with van der Waals surface area (Å²) in [5.41, 5.74) is 1.15. The molecule has 2 saturated heterocycles. The molecule has 2 aromatic heterocycles. The Hall–Kier alpha value is -3.17. The van der Waals surface area contributed by atoms with E-state index in [1.807, 2.05) is 37.5 Å². The molecule has 4 rings (SSSR count). The molecule has 9 nitrogen and oxygen atoms in total. The van der Waals surface area contributed by atoms with Crippen molar-refractivity contribution < 1.29 is 60.0 Å². The molecule has 2 N–H and O–H groups in total. The highest BCUT2D eigenvalue weighted by Crippen LogP contribution is 2.36. The molecule has 212 valence electrons. The molecule has 1 atom stereocenters. The first kappa shape index (κ1) is 31.1. The van der Waals surface area contributed by atoms with Crippen molar-refractivity contribution in [3.05, 3.63) is 53.7 Å². The second-order valence-corrected chi connectivity index (χ2v) is 8.58. The van der Waals surface area contributed by atoms with Crippen molar-refractivity contribution in [2.24, 2.45) is 0 Å². The number of ether oxygens (including phenoxy) is 2. The van der Waals surface area contributed by atoms with Gasteiger partial charge in [0.15, 0.2) is 0 Å². The average Bonchev–Trinajstić information content (AvgIpc) is 3.22. The quantitative estimate of drug-likeness (QED) is 0.522. The minimum absolute atomic E-state index is 0.0250. The largest absolute Gasteiger partial charge is 0.490 e. The van der Waals surface area contributed by atoms with Crippen LogP contribution in [0.4, 0.5) is 26.3 Å². The van der Waals surface area contributed by atoms with Crippen molar-refractivity contribution in [2.45, 2.75) is 57.0 Å². The monoisotopic (exact) mass is 556 g/mol. The van der Waals surface area contributed by atoms with E-state index in [-0.39, 0.29) is 11.7 Å². The molecule has 0 bridgehead atoms. The topological polar surface area (TPSA) is 122 Å². The van der Waals surface area contributed by atoms with Gasteiger partial charge in [0.1, 0.15) is 11.5 Å². The zero-order chi connectivity index (χ0) is 28.6. The standard InChI is InChI=1S/C19H24N2O3.2C2HF3O2/c1-15-2-3-18(24-15)11-21-13-19(14-21)10-17(6-9-23-19)22-12-16-4-7-20-8-5-16;2*3-2(4,5)1(6)7/h2-5,7-8,17H,6,9-14H2,1H3;2*(H,6,7). The van der Waals surface area contributed by atoms with E-state index in [1.54, 1.807) is 0 Å². The molecule has 2 aromatic rings. The second-order valence-electron chi connectivity index (χ2n) is 8.58. The van der Waals surface area contributed by atoms with Crippen LogP contribution in [0.15, 0.2) is 41.1 Å². The lowest BCUT2D eigenvalue weighted by Gasteiger charge is -2.53. The number of carboxylic acids is 2. The number of aromatic nitrogens is 1. The summed E-state index contributed by atoms with van der Waals surface area (Å²) < 4.78 is 81.3. The van der Waals surface area contributed by atoms with Gasteiger partial charge >= 0.3 is 24.3 Å². The third-order valence-corrected chi connectivity index (χ3v) is 5.37. The van der Waals surface area contributed by atoms with Gasteiger partial charge in [-0.05, 0) is 43.2 Å². The van der Waals surface area contributed by atoms with E-state index >= 15 is 0 Å². The third-order valence-electron chi connectivity index (χ3n) is 5.37. The van der Waals surface area contributed by atoms with Crippen LogP contribution in [0.2, 0.25) is 0 Å². The number of likely N-dealkylation sites (tertiary alicyclic amines) is 1. The molecule has 0 saturated carbocycles. The summed E-state index contributed by atoms with van der Waals surface area (Å²) in [5, 5.41) is 14.2. The Morgan fingerprint density at radius 2 is 1.61 bits per heavy atom. The minimum atomic E-state index is -5.08. The molecule has 15 heteroatoms. The molecule has 0 aromatic carbocycles.